The first-order valence-electron chi connectivity index (χ1n) is 7.27. The van der Waals surface area contributed by atoms with Gasteiger partial charge in [-0.2, -0.15) is 0 Å². The van der Waals surface area contributed by atoms with Crippen molar-refractivity contribution >= 4 is 17.4 Å². The van der Waals surface area contributed by atoms with E-state index in [1.54, 1.807) is 24.4 Å². The molecule has 0 aromatic carbocycles. The molecule has 116 valence electrons. The summed E-state index contributed by atoms with van der Waals surface area (Å²) < 4.78 is 0. The number of nitrogens with one attached hydrogen (secondary N) is 1. The molecule has 1 aromatic rings. The van der Waals surface area contributed by atoms with Crippen molar-refractivity contribution in [1.82, 2.24) is 10.3 Å². The number of amides is 1. The molecule has 1 aliphatic heterocycles. The highest BCUT2D eigenvalue weighted by Crippen LogP contribution is 2.39. The molecule has 22 heavy (non-hydrogen) atoms. The van der Waals surface area contributed by atoms with Crippen molar-refractivity contribution in [2.24, 2.45) is 11.1 Å². The van der Waals surface area contributed by atoms with Crippen molar-refractivity contribution in [2.75, 3.05) is 13.2 Å². The molecule has 1 aliphatic carbocycles. The number of ketones is 1. The Balaban J connectivity index is 1.83. The maximum Gasteiger partial charge on any atom is 0.278 e. The molecule has 3 rings (SSSR count). The molecule has 2 N–H and O–H groups in total. The number of aliphatic hydroxyl groups excluding tert-OH is 1. The fraction of sp³-hybridized carbons (Fsp3) is 0.467. The van der Waals surface area contributed by atoms with Gasteiger partial charge in [-0.05, 0) is 25.0 Å². The number of rotatable bonds is 6. The summed E-state index contributed by atoms with van der Waals surface area (Å²) in [6.07, 6.45) is 3.23. The first-order chi connectivity index (χ1) is 10.7. The predicted molar refractivity (Wildman–Crippen MR) is 77.0 cm³/mol. The lowest BCUT2D eigenvalue weighted by molar-refractivity contribution is -0.157. The molecule has 7 nitrogen and oxygen atoms in total. The van der Waals surface area contributed by atoms with E-state index in [0.29, 0.717) is 11.4 Å². The van der Waals surface area contributed by atoms with Crippen LogP contribution in [-0.4, -0.2) is 46.2 Å². The van der Waals surface area contributed by atoms with E-state index in [-0.39, 0.29) is 31.3 Å². The van der Waals surface area contributed by atoms with Crippen LogP contribution in [0.5, 0.6) is 0 Å². The van der Waals surface area contributed by atoms with E-state index in [9.17, 15) is 9.59 Å². The first-order valence-corrected chi connectivity index (χ1v) is 7.27. The average molecular weight is 303 g/mol. The third-order valence-electron chi connectivity index (χ3n) is 3.80. The zero-order valence-corrected chi connectivity index (χ0v) is 12.0. The van der Waals surface area contributed by atoms with Crippen LogP contribution in [0, 0.1) is 5.92 Å². The van der Waals surface area contributed by atoms with Crippen LogP contribution in [0.2, 0.25) is 0 Å². The van der Waals surface area contributed by atoms with Crippen LogP contribution in [0.25, 0.3) is 0 Å². The van der Waals surface area contributed by atoms with E-state index >= 15 is 0 Å². The second kappa shape index (κ2) is 5.84. The highest BCUT2D eigenvalue weighted by molar-refractivity contribution is 6.17. The minimum absolute atomic E-state index is 0.0661. The molecule has 0 radical (unpaired) electrons. The van der Waals surface area contributed by atoms with Gasteiger partial charge in [0.15, 0.2) is 5.78 Å². The Kier molecular flexibility index (Phi) is 3.89. The van der Waals surface area contributed by atoms with E-state index < -0.39 is 11.5 Å². The molecular weight excluding hydrogens is 286 g/mol. The van der Waals surface area contributed by atoms with Crippen LogP contribution in [0.4, 0.5) is 0 Å². The van der Waals surface area contributed by atoms with Crippen molar-refractivity contribution in [2.45, 2.75) is 24.9 Å². The molecule has 1 fully saturated rings. The fourth-order valence-electron chi connectivity index (χ4n) is 2.46. The minimum atomic E-state index is -1.62. The van der Waals surface area contributed by atoms with E-state index in [2.05, 4.69) is 15.5 Å². The van der Waals surface area contributed by atoms with Gasteiger partial charge in [0.2, 0.25) is 0 Å². The maximum absolute atomic E-state index is 12.6. The Morgan fingerprint density at radius 2 is 2.23 bits per heavy atom. The number of oxime groups is 1. The molecule has 1 aromatic heterocycles. The minimum Gasteiger partial charge on any atom is -0.395 e. The van der Waals surface area contributed by atoms with Crippen molar-refractivity contribution in [1.29, 1.82) is 0 Å². The van der Waals surface area contributed by atoms with Gasteiger partial charge in [-0.1, -0.05) is 11.2 Å². The van der Waals surface area contributed by atoms with E-state index in [4.69, 9.17) is 9.94 Å². The van der Waals surface area contributed by atoms with Crippen LogP contribution >= 0.6 is 0 Å². The monoisotopic (exact) mass is 303 g/mol. The number of pyridine rings is 1. The average Bonchev–Trinajstić information content (AvgIpc) is 3.31. The van der Waals surface area contributed by atoms with Crippen LogP contribution in [0.3, 0.4) is 0 Å². The van der Waals surface area contributed by atoms with E-state index in [1.165, 1.54) is 0 Å². The van der Waals surface area contributed by atoms with E-state index in [1.807, 2.05) is 0 Å². The summed E-state index contributed by atoms with van der Waals surface area (Å²) in [6, 6.07) is 5.33. The second-order valence-electron chi connectivity index (χ2n) is 5.47. The zero-order valence-electron chi connectivity index (χ0n) is 12.0. The molecule has 0 bridgehead atoms. The zero-order chi connectivity index (χ0) is 15.6. The lowest BCUT2D eigenvalue weighted by Gasteiger charge is -2.23. The lowest BCUT2D eigenvalue weighted by atomic mass is 9.88. The molecular formula is C15H17N3O4. The SMILES string of the molecule is O=C(NCCO)C1(C(=O)C2CC2)CC(c2ccccn2)=NO1. The first kappa shape index (κ1) is 14.6. The van der Waals surface area contributed by atoms with Gasteiger partial charge in [-0.25, -0.2) is 0 Å². The molecule has 1 amide bonds. The molecule has 0 spiro atoms. The predicted octanol–water partition coefficient (Wildman–Crippen LogP) is 0.0324. The number of aromatic nitrogens is 1. The summed E-state index contributed by atoms with van der Waals surface area (Å²) in [7, 11) is 0. The summed E-state index contributed by atoms with van der Waals surface area (Å²) in [5.41, 5.74) is -0.555. The van der Waals surface area contributed by atoms with Gasteiger partial charge in [-0.15, -0.1) is 0 Å². The van der Waals surface area contributed by atoms with Crippen molar-refractivity contribution < 1.29 is 19.5 Å². The summed E-state index contributed by atoms with van der Waals surface area (Å²) in [5.74, 6) is -0.927. The standard InChI is InChI=1S/C15H17N3O4/c19-8-7-17-14(21)15(13(20)10-4-5-10)9-12(18-22-15)11-3-1-2-6-16-11/h1-3,6,10,19H,4-5,7-9H2,(H,17,21). The Bertz CT molecular complexity index is 612. The molecule has 1 unspecified atom stereocenters. The quantitative estimate of drug-likeness (QED) is 0.722. The number of aliphatic hydroxyl groups is 1. The van der Waals surface area contributed by atoms with Crippen LogP contribution in [0.1, 0.15) is 25.0 Å². The normalized spacial score (nSPS) is 23.6. The third-order valence-corrected chi connectivity index (χ3v) is 3.80. The number of carbonyl (C=O) groups excluding carboxylic acids is 2. The lowest BCUT2D eigenvalue weighted by Crippen LogP contribution is -2.54. The number of carbonyl (C=O) groups is 2. The van der Waals surface area contributed by atoms with Crippen LogP contribution in [0.15, 0.2) is 29.6 Å². The molecule has 2 aliphatic rings. The second-order valence-corrected chi connectivity index (χ2v) is 5.47. The Morgan fingerprint density at radius 3 is 2.86 bits per heavy atom. The Morgan fingerprint density at radius 1 is 1.41 bits per heavy atom. The third kappa shape index (κ3) is 2.59. The molecule has 1 saturated carbocycles. The van der Waals surface area contributed by atoms with Crippen LogP contribution in [-0.2, 0) is 14.4 Å². The largest absolute Gasteiger partial charge is 0.395 e. The Labute approximate surface area is 127 Å². The Hall–Kier alpha value is -2.28. The summed E-state index contributed by atoms with van der Waals surface area (Å²) in [5, 5.41) is 15.3. The van der Waals surface area contributed by atoms with Crippen molar-refractivity contribution in [3.63, 3.8) is 0 Å². The van der Waals surface area contributed by atoms with Crippen molar-refractivity contribution in [3.05, 3.63) is 30.1 Å². The van der Waals surface area contributed by atoms with Crippen LogP contribution < -0.4 is 5.32 Å². The van der Waals surface area contributed by atoms with Gasteiger partial charge in [0.05, 0.1) is 18.7 Å². The number of hydrogen-bond donors (Lipinski definition) is 2. The molecule has 0 saturated heterocycles. The smallest absolute Gasteiger partial charge is 0.278 e. The molecule has 7 heteroatoms. The van der Waals surface area contributed by atoms with Gasteiger partial charge < -0.3 is 15.3 Å². The summed E-state index contributed by atoms with van der Waals surface area (Å²) in [4.78, 5) is 34.5. The number of Topliss-reactive ketones (excluding diaryl/α,β-unsaturated/α-hetero) is 1. The van der Waals surface area contributed by atoms with E-state index in [0.717, 1.165) is 12.8 Å². The van der Waals surface area contributed by atoms with Gasteiger partial charge in [0.25, 0.3) is 11.5 Å². The molecule has 2 heterocycles. The highest BCUT2D eigenvalue weighted by atomic mass is 16.7. The van der Waals surface area contributed by atoms with Crippen molar-refractivity contribution in [3.8, 4) is 0 Å². The highest BCUT2D eigenvalue weighted by Gasteiger charge is 2.57. The maximum atomic E-state index is 12.6. The van der Waals surface area contributed by atoms with Gasteiger partial charge in [0, 0.05) is 18.7 Å². The molecule has 1 atom stereocenters. The number of nitrogens with zero attached hydrogens (tertiary/aromatic N) is 2. The van der Waals surface area contributed by atoms with Gasteiger partial charge in [0.1, 0.15) is 5.71 Å². The fourth-order valence-corrected chi connectivity index (χ4v) is 2.46. The summed E-state index contributed by atoms with van der Waals surface area (Å²) >= 11 is 0. The van der Waals surface area contributed by atoms with Gasteiger partial charge in [-0.3, -0.25) is 14.6 Å². The van der Waals surface area contributed by atoms with Gasteiger partial charge >= 0.3 is 0 Å². The number of hydrogen-bond acceptors (Lipinski definition) is 6. The summed E-state index contributed by atoms with van der Waals surface area (Å²) in [6.45, 7) is -0.131. The topological polar surface area (TPSA) is 101 Å².